The second-order valence-electron chi connectivity index (χ2n) is 4.81. The van der Waals surface area contributed by atoms with Gasteiger partial charge in [-0.1, -0.05) is 17.7 Å². The van der Waals surface area contributed by atoms with E-state index in [9.17, 15) is 4.79 Å². The van der Waals surface area contributed by atoms with Crippen molar-refractivity contribution in [3.8, 4) is 0 Å². The van der Waals surface area contributed by atoms with Crippen LogP contribution in [0.4, 0.5) is 0 Å². The highest BCUT2D eigenvalue weighted by Gasteiger charge is 2.18. The van der Waals surface area contributed by atoms with Crippen LogP contribution in [-0.2, 0) is 0 Å². The summed E-state index contributed by atoms with van der Waals surface area (Å²) in [5.41, 5.74) is 1.21. The molecule has 0 atom stereocenters. The summed E-state index contributed by atoms with van der Waals surface area (Å²) < 4.78 is 5.62. The van der Waals surface area contributed by atoms with Gasteiger partial charge >= 0.3 is 0 Å². The van der Waals surface area contributed by atoms with Crippen molar-refractivity contribution in [2.75, 3.05) is 13.1 Å². The van der Waals surface area contributed by atoms with Gasteiger partial charge in [-0.05, 0) is 38.1 Å². The van der Waals surface area contributed by atoms with Crippen LogP contribution >= 0.6 is 11.6 Å². The number of aromatic nitrogens is 1. The first-order chi connectivity index (χ1) is 10.1. The van der Waals surface area contributed by atoms with Crippen LogP contribution in [0, 0.1) is 0 Å². The summed E-state index contributed by atoms with van der Waals surface area (Å²) in [6.07, 6.45) is 0. The van der Waals surface area contributed by atoms with E-state index >= 15 is 0 Å². The average molecular weight is 303 g/mol. The zero-order valence-electron chi connectivity index (χ0n) is 11.9. The Hall–Kier alpha value is -2.07. The van der Waals surface area contributed by atoms with Crippen LogP contribution in [0.25, 0.3) is 22.0 Å². The summed E-state index contributed by atoms with van der Waals surface area (Å²) in [6.45, 7) is 5.19. The number of fused-ring (bicyclic) bond motifs is 2. The van der Waals surface area contributed by atoms with Crippen LogP contribution in [-0.4, -0.2) is 28.9 Å². The molecule has 0 fully saturated rings. The van der Waals surface area contributed by atoms with E-state index < -0.39 is 0 Å². The van der Waals surface area contributed by atoms with Crippen molar-refractivity contribution in [1.82, 2.24) is 9.88 Å². The lowest BCUT2D eigenvalue weighted by molar-refractivity contribution is 0.0743. The number of halogens is 1. The van der Waals surface area contributed by atoms with Crippen LogP contribution < -0.4 is 0 Å². The predicted molar refractivity (Wildman–Crippen MR) is 83.8 cm³/mol. The van der Waals surface area contributed by atoms with Gasteiger partial charge in [-0.3, -0.25) is 4.79 Å². The molecule has 0 unspecified atom stereocenters. The van der Waals surface area contributed by atoms with E-state index in [-0.39, 0.29) is 5.91 Å². The Labute approximate surface area is 127 Å². The molecule has 0 N–H and O–H groups in total. The van der Waals surface area contributed by atoms with E-state index in [1.165, 1.54) is 0 Å². The molecule has 108 valence electrons. The number of amides is 1. The molecule has 0 bridgehead atoms. The Morgan fingerprint density at radius 3 is 2.67 bits per heavy atom. The first-order valence-electron chi connectivity index (χ1n) is 6.91. The van der Waals surface area contributed by atoms with E-state index in [0.29, 0.717) is 29.6 Å². The van der Waals surface area contributed by atoms with Gasteiger partial charge in [0.25, 0.3) is 5.91 Å². The van der Waals surface area contributed by atoms with Crippen LogP contribution in [0.15, 0.2) is 34.7 Å². The molecule has 5 heteroatoms. The normalized spacial score (nSPS) is 11.2. The number of benzene rings is 1. The topological polar surface area (TPSA) is 46.3 Å². The quantitative estimate of drug-likeness (QED) is 0.731. The van der Waals surface area contributed by atoms with E-state index in [0.717, 1.165) is 16.3 Å². The molecule has 0 aliphatic carbocycles. The Morgan fingerprint density at radius 1 is 1.19 bits per heavy atom. The van der Waals surface area contributed by atoms with Gasteiger partial charge in [0.2, 0.25) is 5.71 Å². The molecule has 0 aliphatic rings. The molecule has 1 amide bonds. The Balaban J connectivity index is 2.11. The third-order valence-electron chi connectivity index (χ3n) is 3.53. The fourth-order valence-corrected chi connectivity index (χ4v) is 2.54. The highest BCUT2D eigenvalue weighted by Crippen LogP contribution is 2.25. The first-order valence-corrected chi connectivity index (χ1v) is 7.29. The molecule has 2 heterocycles. The standard InChI is InChI=1S/C16H15ClN2O2/c1-3-19(4-2)16(20)14-8-11-7-10-5-6-12(17)9-13(10)18-15(11)21-14/h5-9H,3-4H2,1-2H3. The van der Waals surface area contributed by atoms with Gasteiger partial charge in [-0.25, -0.2) is 4.98 Å². The van der Waals surface area contributed by atoms with E-state index in [2.05, 4.69) is 4.98 Å². The summed E-state index contributed by atoms with van der Waals surface area (Å²) in [7, 11) is 0. The van der Waals surface area contributed by atoms with Crippen LogP contribution in [0.2, 0.25) is 5.02 Å². The largest absolute Gasteiger partial charge is 0.433 e. The number of nitrogens with zero attached hydrogens (tertiary/aromatic N) is 2. The molecule has 21 heavy (non-hydrogen) atoms. The second kappa shape index (κ2) is 5.37. The van der Waals surface area contributed by atoms with Gasteiger partial charge < -0.3 is 9.32 Å². The summed E-state index contributed by atoms with van der Waals surface area (Å²) in [5.74, 6) is 0.211. The Kier molecular flexibility index (Phi) is 3.55. The fourth-order valence-electron chi connectivity index (χ4n) is 2.37. The minimum Gasteiger partial charge on any atom is -0.433 e. The smallest absolute Gasteiger partial charge is 0.289 e. The molecule has 0 saturated heterocycles. The molecule has 0 spiro atoms. The highest BCUT2D eigenvalue weighted by atomic mass is 35.5. The zero-order valence-corrected chi connectivity index (χ0v) is 12.6. The number of carbonyl (C=O) groups is 1. The van der Waals surface area contributed by atoms with Crippen LogP contribution in [0.3, 0.4) is 0 Å². The molecule has 2 aromatic heterocycles. The summed E-state index contributed by atoms with van der Waals surface area (Å²) in [5, 5.41) is 2.41. The number of furan rings is 1. The second-order valence-corrected chi connectivity index (χ2v) is 5.24. The van der Waals surface area contributed by atoms with Crippen molar-refractivity contribution in [2.45, 2.75) is 13.8 Å². The predicted octanol–water partition coefficient (Wildman–Crippen LogP) is 4.12. The number of pyridine rings is 1. The Bertz CT molecular complexity index is 822. The zero-order chi connectivity index (χ0) is 15.0. The van der Waals surface area contributed by atoms with E-state index in [1.807, 2.05) is 32.0 Å². The van der Waals surface area contributed by atoms with Crippen molar-refractivity contribution in [2.24, 2.45) is 0 Å². The van der Waals surface area contributed by atoms with Gasteiger partial charge in [-0.2, -0.15) is 0 Å². The molecule has 1 aromatic carbocycles. The molecule has 3 rings (SSSR count). The van der Waals surface area contributed by atoms with Gasteiger partial charge in [-0.15, -0.1) is 0 Å². The lowest BCUT2D eigenvalue weighted by Gasteiger charge is -2.16. The molecule has 0 aliphatic heterocycles. The molecule has 0 radical (unpaired) electrons. The van der Waals surface area contributed by atoms with E-state index in [4.69, 9.17) is 16.0 Å². The number of hydrogen-bond acceptors (Lipinski definition) is 3. The Morgan fingerprint density at radius 2 is 1.95 bits per heavy atom. The number of rotatable bonds is 3. The molecule has 3 aromatic rings. The summed E-state index contributed by atoms with van der Waals surface area (Å²) in [4.78, 5) is 18.5. The summed E-state index contributed by atoms with van der Waals surface area (Å²) in [6, 6.07) is 9.21. The lowest BCUT2D eigenvalue weighted by Crippen LogP contribution is -2.30. The van der Waals surface area contributed by atoms with Crippen molar-refractivity contribution in [3.05, 3.63) is 41.1 Å². The molecular formula is C16H15ClN2O2. The van der Waals surface area contributed by atoms with Crippen molar-refractivity contribution < 1.29 is 9.21 Å². The van der Waals surface area contributed by atoms with Gasteiger partial charge in [0, 0.05) is 28.9 Å². The van der Waals surface area contributed by atoms with E-state index in [1.54, 1.807) is 17.0 Å². The minimum absolute atomic E-state index is 0.111. The van der Waals surface area contributed by atoms with Gasteiger partial charge in [0.05, 0.1) is 5.52 Å². The highest BCUT2D eigenvalue weighted by molar-refractivity contribution is 6.31. The van der Waals surface area contributed by atoms with Crippen molar-refractivity contribution >= 4 is 39.5 Å². The SMILES string of the molecule is CCN(CC)C(=O)c1cc2cc3ccc(Cl)cc3nc2o1. The minimum atomic E-state index is -0.111. The lowest BCUT2D eigenvalue weighted by atomic mass is 10.2. The third kappa shape index (κ3) is 2.47. The maximum atomic E-state index is 12.3. The monoisotopic (exact) mass is 302 g/mol. The molecule has 0 saturated carbocycles. The first kappa shape index (κ1) is 13.9. The molecular weight excluding hydrogens is 288 g/mol. The molecule has 4 nitrogen and oxygen atoms in total. The maximum Gasteiger partial charge on any atom is 0.289 e. The van der Waals surface area contributed by atoms with Crippen molar-refractivity contribution in [1.29, 1.82) is 0 Å². The number of carbonyl (C=O) groups excluding carboxylic acids is 1. The van der Waals surface area contributed by atoms with Crippen molar-refractivity contribution in [3.63, 3.8) is 0 Å². The van der Waals surface area contributed by atoms with Crippen LogP contribution in [0.1, 0.15) is 24.4 Å². The average Bonchev–Trinajstić information content (AvgIpc) is 2.88. The maximum absolute atomic E-state index is 12.3. The third-order valence-corrected chi connectivity index (χ3v) is 3.76. The van der Waals surface area contributed by atoms with Gasteiger partial charge in [0.15, 0.2) is 5.76 Å². The van der Waals surface area contributed by atoms with Crippen LogP contribution in [0.5, 0.6) is 0 Å². The summed E-state index contributed by atoms with van der Waals surface area (Å²) >= 11 is 5.97. The fraction of sp³-hybridized carbons (Fsp3) is 0.250. The number of hydrogen-bond donors (Lipinski definition) is 0. The van der Waals surface area contributed by atoms with Gasteiger partial charge in [0.1, 0.15) is 0 Å².